The molecule has 0 spiro atoms. The van der Waals surface area contributed by atoms with Crippen molar-refractivity contribution < 1.29 is 56.9 Å². The van der Waals surface area contributed by atoms with E-state index in [1.165, 1.54) is 73.4 Å². The van der Waals surface area contributed by atoms with Crippen LogP contribution in [-0.4, -0.2) is 61.8 Å². The van der Waals surface area contributed by atoms with Gasteiger partial charge in [0.15, 0.2) is 0 Å². The van der Waals surface area contributed by atoms with Crippen molar-refractivity contribution in [2.45, 2.75) is 76.8 Å². The molecule has 154 valence electrons. The van der Waals surface area contributed by atoms with E-state index in [1.54, 1.807) is 0 Å². The molecule has 26 heavy (non-hydrogen) atoms. The van der Waals surface area contributed by atoms with Crippen molar-refractivity contribution in [3.05, 3.63) is 0 Å². The third-order valence-electron chi connectivity index (χ3n) is 10.1. The normalized spacial score (nSPS) is 48.7. The van der Waals surface area contributed by atoms with Gasteiger partial charge in [-0.05, 0) is 57.3 Å². The number of hydrogen-bond acceptors (Lipinski definition) is 0. The van der Waals surface area contributed by atoms with Gasteiger partial charge in [-0.3, -0.25) is 0 Å². The zero-order chi connectivity index (χ0) is 17.4. The lowest BCUT2D eigenvalue weighted by atomic mass is 9.47. The maximum atomic E-state index is 2.71. The predicted molar refractivity (Wildman–Crippen MR) is 102 cm³/mol. The van der Waals surface area contributed by atoms with E-state index < -0.39 is 0 Å². The molecule has 2 heterocycles. The number of halogens is 2. The topological polar surface area (TPSA) is 0 Å². The first kappa shape index (κ1) is 23.7. The Labute approximate surface area is 197 Å². The van der Waals surface area contributed by atoms with E-state index in [0.717, 1.165) is 23.8 Å². The Hall–Kier alpha value is 1.38. The fourth-order valence-electron chi connectivity index (χ4n) is 8.50. The summed E-state index contributed by atoms with van der Waals surface area (Å²) in [5, 5.41) is 0. The molecule has 2 saturated carbocycles. The zero-order valence-electron chi connectivity index (χ0n) is 18.0. The number of quaternary nitrogens is 2. The average Bonchev–Trinajstić information content (AvgIpc) is 2.47. The summed E-state index contributed by atoms with van der Waals surface area (Å²) in [5.74, 6) is 3.00. The van der Waals surface area contributed by atoms with Crippen molar-refractivity contribution in [2.24, 2.45) is 23.2 Å². The second-order valence-electron chi connectivity index (χ2n) is 11.5. The Morgan fingerprint density at radius 3 is 2.12 bits per heavy atom. The van der Waals surface area contributed by atoms with Gasteiger partial charge in [-0.25, -0.2) is 0 Å². The van der Waals surface area contributed by atoms with Crippen LogP contribution in [0.5, 0.6) is 0 Å². The molecule has 0 aromatic heterocycles. The van der Waals surface area contributed by atoms with Crippen molar-refractivity contribution in [2.75, 3.05) is 41.3 Å². The molecule has 4 heteroatoms. The molecule has 6 atom stereocenters. The Morgan fingerprint density at radius 1 is 0.731 bits per heavy atom. The number of hydrogen-bond donors (Lipinski definition) is 0. The van der Waals surface area contributed by atoms with Gasteiger partial charge in [0.25, 0.3) is 0 Å². The highest BCUT2D eigenvalue weighted by molar-refractivity contribution is 5.07. The smallest absolute Gasteiger partial charge is 0.0991 e. The van der Waals surface area contributed by atoms with Crippen molar-refractivity contribution in [1.82, 2.24) is 0 Å². The Balaban J connectivity index is 0.00000121. The van der Waals surface area contributed by atoms with Gasteiger partial charge in [-0.15, -0.1) is 0 Å². The van der Waals surface area contributed by atoms with Crippen LogP contribution in [0.4, 0.5) is 0 Å². The van der Waals surface area contributed by atoms with Crippen molar-refractivity contribution in [3.63, 3.8) is 0 Å². The first-order valence-electron chi connectivity index (χ1n) is 10.8. The lowest BCUT2D eigenvalue weighted by Gasteiger charge is -2.66. The predicted octanol–water partition coefficient (Wildman–Crippen LogP) is -1.70. The first-order chi connectivity index (χ1) is 11.1. The van der Waals surface area contributed by atoms with E-state index in [1.807, 2.05) is 0 Å². The summed E-state index contributed by atoms with van der Waals surface area (Å²) in [6.07, 6.45) is 11.9. The summed E-state index contributed by atoms with van der Waals surface area (Å²) in [7, 11) is 10.1. The van der Waals surface area contributed by atoms with Crippen LogP contribution in [0.1, 0.15) is 65.2 Å². The Bertz CT molecular complexity index is 520. The van der Waals surface area contributed by atoms with E-state index in [-0.39, 0.29) is 48.0 Å². The first-order valence-corrected chi connectivity index (χ1v) is 10.8. The minimum absolute atomic E-state index is 0. The SMILES string of the molecule is C[C@]12CCC[N+](C)(C)[C@@H]1CC[C@@H]1[C@@H]2CC[C@@]2(C)[C@H]1CCC[N+]2(C)C.[I-].[I-]. The Kier molecular flexibility index (Phi) is 6.89. The lowest BCUT2D eigenvalue weighted by Crippen LogP contribution is -3.00. The maximum absolute atomic E-state index is 2.71. The largest absolute Gasteiger partial charge is 1.00 e. The number of likely N-dealkylation sites (tertiary alicyclic amines) is 2. The summed E-state index contributed by atoms with van der Waals surface area (Å²) in [6, 6.07) is 0.919. The quantitative estimate of drug-likeness (QED) is 0.234. The summed E-state index contributed by atoms with van der Waals surface area (Å²) in [5.41, 5.74) is 1.16. The summed E-state index contributed by atoms with van der Waals surface area (Å²) in [6.45, 7) is 8.17. The molecule has 0 unspecified atom stereocenters. The van der Waals surface area contributed by atoms with Crippen molar-refractivity contribution in [3.8, 4) is 0 Å². The van der Waals surface area contributed by atoms with Crippen LogP contribution in [0.15, 0.2) is 0 Å². The minimum Gasteiger partial charge on any atom is -1.00 e. The third-order valence-corrected chi connectivity index (χ3v) is 10.1. The van der Waals surface area contributed by atoms with E-state index >= 15 is 0 Å². The highest BCUT2D eigenvalue weighted by Gasteiger charge is 2.64. The molecule has 2 aliphatic heterocycles. The fourth-order valence-corrected chi connectivity index (χ4v) is 8.50. The molecule has 0 aromatic carbocycles. The number of nitrogens with zero attached hydrogens (tertiary/aromatic N) is 2. The molecular weight excluding hydrogens is 546 g/mol. The van der Waals surface area contributed by atoms with E-state index in [2.05, 4.69) is 42.0 Å². The van der Waals surface area contributed by atoms with E-state index in [4.69, 9.17) is 0 Å². The van der Waals surface area contributed by atoms with Crippen LogP contribution >= 0.6 is 0 Å². The van der Waals surface area contributed by atoms with Gasteiger partial charge in [0.05, 0.1) is 52.9 Å². The zero-order valence-corrected chi connectivity index (χ0v) is 22.3. The molecule has 0 amide bonds. The minimum atomic E-state index is 0. The monoisotopic (exact) mass is 588 g/mol. The number of piperidine rings is 2. The molecule has 0 aromatic rings. The standard InChI is InChI=1S/C22H42N2.2HI/c1-21-13-8-15-23(3,4)20(21)11-10-17-18(21)12-14-22(2)19(17)9-7-16-24(22,5)6;;/h17-20H,7-16H2,1-6H3;2*1H/q+2;;/p-2/t17-,18+,19+,20-,21-,22+;;/m1../s1. The fraction of sp³-hybridized carbons (Fsp3) is 1.00. The summed E-state index contributed by atoms with van der Waals surface area (Å²) in [4.78, 5) is 0. The molecule has 0 N–H and O–H groups in total. The van der Waals surface area contributed by atoms with Gasteiger partial charge in [0, 0.05) is 24.2 Å². The third kappa shape index (κ3) is 3.23. The molecule has 2 aliphatic carbocycles. The Morgan fingerprint density at radius 2 is 1.42 bits per heavy atom. The van der Waals surface area contributed by atoms with E-state index in [9.17, 15) is 0 Å². The number of fused-ring (bicyclic) bond motifs is 5. The molecule has 0 radical (unpaired) electrons. The molecule has 4 rings (SSSR count). The summed E-state index contributed by atoms with van der Waals surface area (Å²) >= 11 is 0. The van der Waals surface area contributed by atoms with Crippen LogP contribution < -0.4 is 48.0 Å². The van der Waals surface area contributed by atoms with E-state index in [0.29, 0.717) is 11.0 Å². The maximum Gasteiger partial charge on any atom is 0.0991 e. The molecule has 2 nitrogen and oxygen atoms in total. The summed E-state index contributed by atoms with van der Waals surface area (Å²) < 4.78 is 2.58. The van der Waals surface area contributed by atoms with Crippen LogP contribution in [0.25, 0.3) is 0 Å². The molecule has 4 fully saturated rings. The van der Waals surface area contributed by atoms with Gasteiger partial charge in [-0.1, -0.05) is 6.92 Å². The van der Waals surface area contributed by atoms with Gasteiger partial charge < -0.3 is 56.9 Å². The van der Waals surface area contributed by atoms with Crippen LogP contribution in [-0.2, 0) is 0 Å². The highest BCUT2D eigenvalue weighted by atomic mass is 127. The molecule has 2 saturated heterocycles. The average molecular weight is 588 g/mol. The lowest BCUT2D eigenvalue weighted by molar-refractivity contribution is -0.953. The van der Waals surface area contributed by atoms with Crippen LogP contribution in [0.3, 0.4) is 0 Å². The van der Waals surface area contributed by atoms with Crippen molar-refractivity contribution in [1.29, 1.82) is 0 Å². The van der Waals surface area contributed by atoms with Crippen LogP contribution in [0, 0.1) is 23.2 Å². The molecular formula is C22H42I2N2. The molecule has 0 bridgehead atoms. The van der Waals surface area contributed by atoms with Gasteiger partial charge in [0.2, 0.25) is 0 Å². The van der Waals surface area contributed by atoms with Crippen molar-refractivity contribution >= 4 is 0 Å². The van der Waals surface area contributed by atoms with Crippen LogP contribution in [0.2, 0.25) is 0 Å². The number of rotatable bonds is 0. The van der Waals surface area contributed by atoms with Gasteiger partial charge >= 0.3 is 0 Å². The van der Waals surface area contributed by atoms with Gasteiger partial charge in [-0.2, -0.15) is 0 Å². The van der Waals surface area contributed by atoms with Gasteiger partial charge in [0.1, 0.15) is 0 Å². The highest BCUT2D eigenvalue weighted by Crippen LogP contribution is 2.62. The molecule has 4 aliphatic rings. The second kappa shape index (κ2) is 7.57. The second-order valence-corrected chi connectivity index (χ2v) is 11.5.